The highest BCUT2D eigenvalue weighted by Gasteiger charge is 2.36. The zero-order valence-electron chi connectivity index (χ0n) is 16.7. The highest BCUT2D eigenvalue weighted by atomic mass is 16.6. The summed E-state index contributed by atoms with van der Waals surface area (Å²) in [4.78, 5) is 50.4. The molecule has 1 N–H and O–H groups in total. The maximum absolute atomic E-state index is 12.4. The molecule has 2 saturated heterocycles. The second-order valence-corrected chi connectivity index (χ2v) is 7.51. The van der Waals surface area contributed by atoms with Crippen LogP contribution >= 0.6 is 0 Å². The van der Waals surface area contributed by atoms with Crippen LogP contribution in [0.5, 0.6) is 0 Å². The van der Waals surface area contributed by atoms with Crippen LogP contribution in [0.25, 0.3) is 0 Å². The number of benzene rings is 1. The Morgan fingerprint density at radius 3 is 2.33 bits per heavy atom. The first-order chi connectivity index (χ1) is 14.5. The van der Waals surface area contributed by atoms with Gasteiger partial charge in [-0.3, -0.25) is 9.69 Å². The average molecular weight is 418 g/mol. The van der Waals surface area contributed by atoms with E-state index >= 15 is 0 Å². The minimum atomic E-state index is -1.16. The summed E-state index contributed by atoms with van der Waals surface area (Å²) >= 11 is 0. The summed E-state index contributed by atoms with van der Waals surface area (Å²) in [7, 11) is 0. The third-order valence-corrected chi connectivity index (χ3v) is 5.54. The molecular weight excluding hydrogens is 392 g/mol. The zero-order valence-corrected chi connectivity index (χ0v) is 16.7. The molecule has 0 bridgehead atoms. The van der Waals surface area contributed by atoms with Crippen LogP contribution in [0.1, 0.15) is 31.2 Å². The fourth-order valence-electron chi connectivity index (χ4n) is 3.79. The number of likely N-dealkylation sites (tertiary alicyclic amines) is 2. The number of amides is 2. The van der Waals surface area contributed by atoms with E-state index in [1.54, 1.807) is 4.90 Å². The second-order valence-electron chi connectivity index (χ2n) is 7.51. The molecule has 30 heavy (non-hydrogen) atoms. The Hall–Kier alpha value is -3.10. The molecule has 3 rings (SSSR count). The van der Waals surface area contributed by atoms with Crippen molar-refractivity contribution in [3.05, 3.63) is 35.9 Å². The van der Waals surface area contributed by atoms with Gasteiger partial charge in [0.05, 0.1) is 0 Å². The van der Waals surface area contributed by atoms with E-state index in [4.69, 9.17) is 14.6 Å². The lowest BCUT2D eigenvalue weighted by Crippen LogP contribution is -2.43. The van der Waals surface area contributed by atoms with E-state index in [1.165, 1.54) is 0 Å². The van der Waals surface area contributed by atoms with Gasteiger partial charge in [-0.1, -0.05) is 30.3 Å². The molecule has 0 spiro atoms. The Kier molecular flexibility index (Phi) is 7.26. The molecule has 2 heterocycles. The van der Waals surface area contributed by atoms with Gasteiger partial charge >= 0.3 is 18.2 Å². The van der Waals surface area contributed by atoms with Crippen molar-refractivity contribution < 1.29 is 33.8 Å². The Balaban J connectivity index is 1.38. The fraction of sp³-hybridized carbons (Fsp3) is 0.524. The maximum atomic E-state index is 12.4. The molecule has 0 aliphatic carbocycles. The summed E-state index contributed by atoms with van der Waals surface area (Å²) < 4.78 is 10.4. The molecule has 2 aliphatic heterocycles. The molecule has 1 aromatic rings. The Morgan fingerprint density at radius 1 is 0.967 bits per heavy atom. The minimum Gasteiger partial charge on any atom is -0.465 e. The van der Waals surface area contributed by atoms with E-state index < -0.39 is 24.2 Å². The van der Waals surface area contributed by atoms with E-state index in [2.05, 4.69) is 0 Å². The average Bonchev–Trinajstić information content (AvgIpc) is 3.27. The van der Waals surface area contributed by atoms with Crippen molar-refractivity contribution in [2.24, 2.45) is 5.92 Å². The van der Waals surface area contributed by atoms with Crippen molar-refractivity contribution in [3.63, 3.8) is 0 Å². The smallest absolute Gasteiger partial charge is 0.410 e. The van der Waals surface area contributed by atoms with Crippen LogP contribution in [0.4, 0.5) is 9.59 Å². The molecule has 1 aromatic carbocycles. The highest BCUT2D eigenvalue weighted by Crippen LogP contribution is 2.21. The van der Waals surface area contributed by atoms with Crippen molar-refractivity contribution in [1.82, 2.24) is 9.80 Å². The Morgan fingerprint density at radius 2 is 1.67 bits per heavy atom. The van der Waals surface area contributed by atoms with Crippen LogP contribution < -0.4 is 0 Å². The number of carbonyl (C=O) groups is 4. The summed E-state index contributed by atoms with van der Waals surface area (Å²) in [6.45, 7) is 0.914. The molecule has 162 valence electrons. The van der Waals surface area contributed by atoms with E-state index in [1.807, 2.05) is 30.3 Å². The van der Waals surface area contributed by atoms with Gasteiger partial charge in [-0.15, -0.1) is 0 Å². The van der Waals surface area contributed by atoms with Gasteiger partial charge in [0.25, 0.3) is 0 Å². The molecule has 1 atom stereocenters. The van der Waals surface area contributed by atoms with Crippen molar-refractivity contribution >= 4 is 23.9 Å². The van der Waals surface area contributed by atoms with E-state index in [9.17, 15) is 19.2 Å². The second kappa shape index (κ2) is 10.1. The van der Waals surface area contributed by atoms with Crippen LogP contribution in [0.2, 0.25) is 0 Å². The number of Topliss-reactive ketones (excluding diaryl/α,β-unsaturated/α-hetero) is 1. The van der Waals surface area contributed by atoms with E-state index in [0.717, 1.165) is 10.5 Å². The van der Waals surface area contributed by atoms with Gasteiger partial charge < -0.3 is 19.5 Å². The van der Waals surface area contributed by atoms with Crippen LogP contribution in [0.15, 0.2) is 30.3 Å². The molecule has 2 amide bonds. The summed E-state index contributed by atoms with van der Waals surface area (Å²) in [5, 5.41) is 9.10. The van der Waals surface area contributed by atoms with Gasteiger partial charge in [0.15, 0.2) is 5.78 Å². The first-order valence-corrected chi connectivity index (χ1v) is 10.1. The number of hydrogen-bond donors (Lipinski definition) is 1. The first kappa shape index (κ1) is 21.6. The molecule has 0 saturated carbocycles. The highest BCUT2D eigenvalue weighted by molar-refractivity contribution is 5.87. The number of carboxylic acid groups (broad SMARTS) is 1. The molecule has 9 heteroatoms. The lowest BCUT2D eigenvalue weighted by atomic mass is 9.93. The lowest BCUT2D eigenvalue weighted by Gasteiger charge is -2.30. The summed E-state index contributed by atoms with van der Waals surface area (Å²) in [6.07, 6.45) is 0.378. The molecule has 1 unspecified atom stereocenters. The minimum absolute atomic E-state index is 0.197. The molecule has 0 aromatic heterocycles. The molecule has 2 aliphatic rings. The molecule has 0 radical (unpaired) electrons. The number of nitrogens with zero attached hydrogens (tertiary/aromatic N) is 2. The fourth-order valence-corrected chi connectivity index (χ4v) is 3.79. The van der Waals surface area contributed by atoms with E-state index in [0.29, 0.717) is 45.3 Å². The van der Waals surface area contributed by atoms with Gasteiger partial charge in [-0.05, 0) is 31.2 Å². The lowest BCUT2D eigenvalue weighted by molar-refractivity contribution is -0.153. The Labute approximate surface area is 174 Å². The van der Waals surface area contributed by atoms with Crippen LogP contribution in [-0.2, 0) is 25.7 Å². The van der Waals surface area contributed by atoms with Gasteiger partial charge in [-0.25, -0.2) is 14.4 Å². The monoisotopic (exact) mass is 418 g/mol. The predicted molar refractivity (Wildman–Crippen MR) is 105 cm³/mol. The van der Waals surface area contributed by atoms with Gasteiger partial charge in [0.1, 0.15) is 19.3 Å². The number of ether oxygens (including phenoxy) is 2. The number of ketones is 1. The number of rotatable bonds is 6. The van der Waals surface area contributed by atoms with Crippen LogP contribution in [-0.4, -0.2) is 71.1 Å². The number of esters is 1. The van der Waals surface area contributed by atoms with Crippen molar-refractivity contribution in [2.75, 3.05) is 26.2 Å². The Bertz CT molecular complexity index is 775. The largest absolute Gasteiger partial charge is 0.465 e. The van der Waals surface area contributed by atoms with Crippen molar-refractivity contribution in [3.8, 4) is 0 Å². The number of piperidine rings is 1. The van der Waals surface area contributed by atoms with Crippen molar-refractivity contribution in [1.29, 1.82) is 0 Å². The molecule has 9 nitrogen and oxygen atoms in total. The third kappa shape index (κ3) is 5.49. The number of hydrogen-bond acceptors (Lipinski definition) is 6. The predicted octanol–water partition coefficient (Wildman–Crippen LogP) is 2.29. The summed E-state index contributed by atoms with van der Waals surface area (Å²) in [6, 6.07) is 8.55. The normalized spacial score (nSPS) is 19.4. The van der Waals surface area contributed by atoms with Gasteiger partial charge in [-0.2, -0.15) is 0 Å². The van der Waals surface area contributed by atoms with Gasteiger partial charge in [0, 0.05) is 25.6 Å². The molecular formula is C21H26N2O7. The zero-order chi connectivity index (χ0) is 21.5. The molecule has 2 fully saturated rings. The summed E-state index contributed by atoms with van der Waals surface area (Å²) in [5.74, 6) is -1.18. The van der Waals surface area contributed by atoms with Crippen LogP contribution in [0, 0.1) is 5.92 Å². The van der Waals surface area contributed by atoms with Gasteiger partial charge in [0.2, 0.25) is 0 Å². The topological polar surface area (TPSA) is 113 Å². The number of carbonyl (C=O) groups excluding carboxylic acids is 3. The third-order valence-electron chi connectivity index (χ3n) is 5.54. The quantitative estimate of drug-likeness (QED) is 0.705. The van der Waals surface area contributed by atoms with E-state index in [-0.39, 0.29) is 24.9 Å². The standard InChI is InChI=1S/C21H26N2O7/c24-18(14-29-19(25)17-7-4-10-23(17)20(26)27)16-8-11-22(12-9-16)21(28)30-13-15-5-2-1-3-6-15/h1-3,5-6,16-17H,4,7-14H2,(H,26,27). The SMILES string of the molecule is O=C(COC(=O)C1CCCN1C(=O)O)C1CCN(C(=O)OCc2ccccc2)CC1. The first-order valence-electron chi connectivity index (χ1n) is 10.1. The summed E-state index contributed by atoms with van der Waals surface area (Å²) in [5.41, 5.74) is 0.904. The van der Waals surface area contributed by atoms with Crippen LogP contribution in [0.3, 0.4) is 0 Å². The maximum Gasteiger partial charge on any atom is 0.410 e. The van der Waals surface area contributed by atoms with Crippen molar-refractivity contribution in [2.45, 2.75) is 38.3 Å².